The van der Waals surface area contributed by atoms with Crippen molar-refractivity contribution in [3.63, 3.8) is 0 Å². The maximum atomic E-state index is 11.1. The Morgan fingerprint density at radius 3 is 2.65 bits per heavy atom. The van der Waals surface area contributed by atoms with Gasteiger partial charge >= 0.3 is 5.97 Å². The first-order valence-electron chi connectivity index (χ1n) is 6.54. The molecule has 1 aliphatic heterocycles. The quantitative estimate of drug-likeness (QED) is 0.800. The highest BCUT2D eigenvalue weighted by Crippen LogP contribution is 2.27. The summed E-state index contributed by atoms with van der Waals surface area (Å²) in [5.41, 5.74) is 0. The minimum Gasteiger partial charge on any atom is -0.479 e. The molecular formula is C13H25NO3. The van der Waals surface area contributed by atoms with E-state index in [9.17, 15) is 4.79 Å². The molecule has 4 atom stereocenters. The zero-order chi connectivity index (χ0) is 13.0. The van der Waals surface area contributed by atoms with E-state index in [2.05, 4.69) is 25.7 Å². The van der Waals surface area contributed by atoms with Gasteiger partial charge in [0, 0.05) is 25.7 Å². The summed E-state index contributed by atoms with van der Waals surface area (Å²) in [5.74, 6) is 0.400. The molecule has 1 saturated heterocycles. The second-order valence-electron chi connectivity index (χ2n) is 5.29. The van der Waals surface area contributed by atoms with Gasteiger partial charge in [-0.25, -0.2) is 4.79 Å². The van der Waals surface area contributed by atoms with Gasteiger partial charge in [-0.05, 0) is 32.1 Å². The lowest BCUT2D eigenvalue weighted by atomic mass is 9.86. The van der Waals surface area contributed by atoms with Crippen LogP contribution in [0.2, 0.25) is 0 Å². The van der Waals surface area contributed by atoms with E-state index in [1.807, 2.05) is 6.92 Å². The van der Waals surface area contributed by atoms with E-state index in [1.54, 1.807) is 0 Å². The molecule has 1 rings (SSSR count). The van der Waals surface area contributed by atoms with Crippen molar-refractivity contribution in [3.8, 4) is 0 Å². The van der Waals surface area contributed by atoms with Gasteiger partial charge in [-0.2, -0.15) is 0 Å². The predicted octanol–water partition coefficient (Wildman–Crippen LogP) is 1.84. The van der Waals surface area contributed by atoms with Gasteiger partial charge in [0.15, 0.2) is 6.10 Å². The van der Waals surface area contributed by atoms with E-state index < -0.39 is 12.1 Å². The second kappa shape index (κ2) is 6.36. The summed E-state index contributed by atoms with van der Waals surface area (Å²) in [5, 5.41) is 9.10. The molecule has 1 N–H and O–H groups in total. The van der Waals surface area contributed by atoms with Gasteiger partial charge in [0.05, 0.1) is 0 Å². The molecule has 0 amide bonds. The third kappa shape index (κ3) is 3.96. The largest absolute Gasteiger partial charge is 0.479 e. The first-order chi connectivity index (χ1) is 7.95. The van der Waals surface area contributed by atoms with E-state index in [1.165, 1.54) is 6.42 Å². The van der Waals surface area contributed by atoms with Gasteiger partial charge in [-0.3, -0.25) is 4.90 Å². The van der Waals surface area contributed by atoms with Crippen molar-refractivity contribution in [3.05, 3.63) is 0 Å². The van der Waals surface area contributed by atoms with Crippen LogP contribution in [0.15, 0.2) is 0 Å². The van der Waals surface area contributed by atoms with Crippen LogP contribution in [0.25, 0.3) is 0 Å². The van der Waals surface area contributed by atoms with Crippen molar-refractivity contribution in [2.45, 2.75) is 46.3 Å². The lowest BCUT2D eigenvalue weighted by Crippen LogP contribution is -2.50. The molecule has 0 aromatic rings. The number of hydrogen-bond donors (Lipinski definition) is 1. The van der Waals surface area contributed by atoms with E-state index in [0.29, 0.717) is 31.0 Å². The number of hydrogen-bond acceptors (Lipinski definition) is 3. The smallest absolute Gasteiger partial charge is 0.334 e. The molecule has 100 valence electrons. The van der Waals surface area contributed by atoms with Crippen LogP contribution in [0.5, 0.6) is 0 Å². The molecule has 0 aromatic heterocycles. The second-order valence-corrected chi connectivity index (χ2v) is 5.29. The van der Waals surface area contributed by atoms with E-state index in [-0.39, 0.29) is 0 Å². The first kappa shape index (κ1) is 14.5. The van der Waals surface area contributed by atoms with Crippen molar-refractivity contribution >= 4 is 5.97 Å². The number of ether oxygens (including phenoxy) is 1. The van der Waals surface area contributed by atoms with Gasteiger partial charge in [-0.1, -0.05) is 13.8 Å². The maximum Gasteiger partial charge on any atom is 0.334 e. The van der Waals surface area contributed by atoms with Crippen LogP contribution in [0.1, 0.15) is 34.1 Å². The number of aliphatic carboxylic acids is 1. The zero-order valence-corrected chi connectivity index (χ0v) is 11.3. The fraction of sp³-hybridized carbons (Fsp3) is 0.923. The fourth-order valence-corrected chi connectivity index (χ4v) is 2.69. The van der Waals surface area contributed by atoms with Crippen LogP contribution >= 0.6 is 0 Å². The highest BCUT2D eigenvalue weighted by molar-refractivity contribution is 5.72. The number of rotatable bonds is 5. The van der Waals surface area contributed by atoms with Gasteiger partial charge in [-0.15, -0.1) is 0 Å². The van der Waals surface area contributed by atoms with E-state index in [0.717, 1.165) is 6.54 Å². The summed E-state index contributed by atoms with van der Waals surface area (Å²) in [7, 11) is 0. The number of piperidine rings is 1. The van der Waals surface area contributed by atoms with Crippen molar-refractivity contribution in [2.75, 3.05) is 19.7 Å². The Morgan fingerprint density at radius 2 is 2.12 bits per heavy atom. The molecule has 4 nitrogen and oxygen atoms in total. The molecule has 0 radical (unpaired) electrons. The number of nitrogens with zero attached hydrogens (tertiary/aromatic N) is 1. The maximum absolute atomic E-state index is 11.1. The van der Waals surface area contributed by atoms with Crippen LogP contribution in [-0.2, 0) is 9.53 Å². The fourth-order valence-electron chi connectivity index (χ4n) is 2.69. The topological polar surface area (TPSA) is 49.8 Å². The van der Waals surface area contributed by atoms with Crippen molar-refractivity contribution in [1.82, 2.24) is 4.90 Å². The molecule has 4 heteroatoms. The Hall–Kier alpha value is -0.610. The lowest BCUT2D eigenvalue weighted by Gasteiger charge is -2.41. The van der Waals surface area contributed by atoms with Gasteiger partial charge < -0.3 is 9.84 Å². The summed E-state index contributed by atoms with van der Waals surface area (Å²) in [6.07, 6.45) is 0.532. The molecule has 0 aromatic carbocycles. The molecule has 0 bridgehead atoms. The molecule has 1 fully saturated rings. The van der Waals surface area contributed by atoms with Crippen LogP contribution in [0.4, 0.5) is 0 Å². The predicted molar refractivity (Wildman–Crippen MR) is 67.0 cm³/mol. The van der Waals surface area contributed by atoms with Crippen LogP contribution in [0.3, 0.4) is 0 Å². The van der Waals surface area contributed by atoms with Crippen molar-refractivity contribution < 1.29 is 14.6 Å². The third-order valence-corrected chi connectivity index (χ3v) is 3.76. The summed E-state index contributed by atoms with van der Waals surface area (Å²) in [6.45, 7) is 10.4. The van der Waals surface area contributed by atoms with E-state index >= 15 is 0 Å². The van der Waals surface area contributed by atoms with Gasteiger partial charge in [0.2, 0.25) is 0 Å². The minimum atomic E-state index is -0.857. The summed E-state index contributed by atoms with van der Waals surface area (Å²) >= 11 is 0. The average molecular weight is 243 g/mol. The minimum absolute atomic E-state index is 0.438. The number of likely N-dealkylation sites (tertiary alicyclic amines) is 1. The van der Waals surface area contributed by atoms with Crippen LogP contribution < -0.4 is 0 Å². The van der Waals surface area contributed by atoms with Crippen molar-refractivity contribution in [1.29, 1.82) is 0 Å². The summed E-state index contributed by atoms with van der Waals surface area (Å²) < 4.78 is 5.28. The highest BCUT2D eigenvalue weighted by Gasteiger charge is 2.32. The molecular weight excluding hydrogens is 218 g/mol. The Balaban J connectivity index is 2.60. The van der Waals surface area contributed by atoms with Crippen LogP contribution in [0, 0.1) is 11.8 Å². The number of carboxylic acids is 1. The third-order valence-electron chi connectivity index (χ3n) is 3.76. The molecule has 17 heavy (non-hydrogen) atoms. The first-order valence-corrected chi connectivity index (χ1v) is 6.54. The molecule has 1 aliphatic rings. The Kier molecular flexibility index (Phi) is 5.40. The number of carboxylic acid groups (broad SMARTS) is 1. The molecule has 0 spiro atoms. The zero-order valence-electron chi connectivity index (χ0n) is 11.3. The monoisotopic (exact) mass is 243 g/mol. The van der Waals surface area contributed by atoms with Crippen molar-refractivity contribution in [2.24, 2.45) is 11.8 Å². The highest BCUT2D eigenvalue weighted by atomic mass is 16.5. The standard InChI is InChI=1S/C13H25NO3/c1-5-17-12(13(15)16)8-14-7-9(2)6-10(3)11(14)4/h9-12H,5-8H2,1-4H3,(H,15,16). The number of carbonyl (C=O) groups is 1. The summed E-state index contributed by atoms with van der Waals surface area (Å²) in [4.78, 5) is 13.3. The molecule has 4 unspecified atom stereocenters. The molecule has 0 saturated carbocycles. The lowest BCUT2D eigenvalue weighted by molar-refractivity contribution is -0.152. The Morgan fingerprint density at radius 1 is 1.47 bits per heavy atom. The summed E-state index contributed by atoms with van der Waals surface area (Å²) in [6, 6.07) is 0.438. The SMILES string of the molecule is CCOC(CN1CC(C)CC(C)C1C)C(=O)O. The van der Waals surface area contributed by atoms with Gasteiger partial charge in [0.1, 0.15) is 0 Å². The molecule has 1 heterocycles. The van der Waals surface area contributed by atoms with Gasteiger partial charge in [0.25, 0.3) is 0 Å². The Bertz CT molecular complexity index is 257. The normalized spacial score (nSPS) is 32.4. The van der Waals surface area contributed by atoms with Crippen LogP contribution in [-0.4, -0.2) is 47.8 Å². The Labute approximate surface area is 104 Å². The average Bonchev–Trinajstić information content (AvgIpc) is 2.24. The van der Waals surface area contributed by atoms with E-state index in [4.69, 9.17) is 9.84 Å². The molecule has 0 aliphatic carbocycles.